The number of carbonyl (C=O) groups excluding carboxylic acids is 6. The molecule has 326 valence electrons. The highest BCUT2D eigenvalue weighted by molar-refractivity contribution is 5.86. The van der Waals surface area contributed by atoms with E-state index in [1.54, 1.807) is 65.5 Å². The van der Waals surface area contributed by atoms with Gasteiger partial charge in [0.1, 0.15) is 29.0 Å². The normalized spacial score (nSPS) is 16.1. The average molecular weight is 813 g/mol. The number of hydrogen-bond acceptors (Lipinski definition) is 14. The molecule has 1 aromatic rings. The number of morpholine rings is 2. The lowest BCUT2D eigenvalue weighted by atomic mass is 10.2. The quantitative estimate of drug-likeness (QED) is 0.274. The highest BCUT2D eigenvalue weighted by atomic mass is 16.6. The van der Waals surface area contributed by atoms with Crippen LogP contribution in [0.3, 0.4) is 0 Å². The summed E-state index contributed by atoms with van der Waals surface area (Å²) < 4.78 is 36.0. The summed E-state index contributed by atoms with van der Waals surface area (Å²) in [4.78, 5) is 76.6. The summed E-state index contributed by atoms with van der Waals surface area (Å²) in [7, 11) is 2.95. The summed E-state index contributed by atoms with van der Waals surface area (Å²) in [5.74, 6) is -2.28. The van der Waals surface area contributed by atoms with Gasteiger partial charge in [0.2, 0.25) is 0 Å². The lowest BCUT2D eigenvalue weighted by molar-refractivity contribution is -0.176. The molecular formula is C40H68N4O13. The van der Waals surface area contributed by atoms with Crippen LogP contribution in [0.15, 0.2) is 24.3 Å². The molecule has 0 saturated carbocycles. The van der Waals surface area contributed by atoms with Crippen LogP contribution >= 0.6 is 0 Å². The van der Waals surface area contributed by atoms with Crippen molar-refractivity contribution in [2.75, 3.05) is 66.7 Å². The van der Waals surface area contributed by atoms with E-state index in [9.17, 15) is 28.8 Å². The van der Waals surface area contributed by atoms with Crippen LogP contribution < -0.4 is 10.1 Å². The van der Waals surface area contributed by atoms with Gasteiger partial charge in [-0.05, 0) is 88.3 Å². The highest BCUT2D eigenvalue weighted by Crippen LogP contribution is 2.15. The number of likely N-dealkylation sites (N-methyl/N-ethyl adjacent to an activating group) is 2. The maximum atomic E-state index is 12.3. The lowest BCUT2D eigenvalue weighted by Crippen LogP contribution is -2.51. The average Bonchev–Trinajstić information content (AvgIpc) is 3.14. The van der Waals surface area contributed by atoms with Crippen molar-refractivity contribution in [3.05, 3.63) is 29.8 Å². The molecule has 4 unspecified atom stereocenters. The first-order valence-corrected chi connectivity index (χ1v) is 18.7. The topological polar surface area (TPSA) is 189 Å². The van der Waals surface area contributed by atoms with Crippen LogP contribution in [-0.2, 0) is 47.6 Å². The van der Waals surface area contributed by atoms with E-state index in [-0.39, 0.29) is 13.5 Å². The number of benzene rings is 1. The number of aryl methyl sites for hydroxylation is 1. The molecule has 0 aromatic heterocycles. The molecule has 3 rings (SSSR count). The minimum Gasteiger partial charge on any atom is -0.457 e. The van der Waals surface area contributed by atoms with Crippen molar-refractivity contribution in [3.63, 3.8) is 0 Å². The Labute approximate surface area is 338 Å². The summed E-state index contributed by atoms with van der Waals surface area (Å²) in [5.41, 5.74) is -0.309. The Hall–Kier alpha value is -4.48. The van der Waals surface area contributed by atoms with E-state index in [1.807, 2.05) is 19.1 Å². The zero-order valence-electron chi connectivity index (χ0n) is 35.4. The largest absolute Gasteiger partial charge is 0.457 e. The Morgan fingerprint density at radius 1 is 0.667 bits per heavy atom. The number of nitrogens with one attached hydrogen (secondary N) is 1. The molecule has 4 atom stereocenters. The Balaban J connectivity index is 0.000000943. The summed E-state index contributed by atoms with van der Waals surface area (Å²) in [6, 6.07) is 4.92. The van der Waals surface area contributed by atoms with Crippen LogP contribution in [0.4, 0.5) is 9.59 Å². The monoisotopic (exact) mass is 812 g/mol. The molecule has 0 spiro atoms. The van der Waals surface area contributed by atoms with Crippen molar-refractivity contribution in [1.82, 2.24) is 20.0 Å². The molecule has 17 heteroatoms. The maximum absolute atomic E-state index is 12.3. The molecule has 1 N–H and O–H groups in total. The van der Waals surface area contributed by atoms with Crippen molar-refractivity contribution in [3.8, 4) is 5.75 Å². The predicted molar refractivity (Wildman–Crippen MR) is 213 cm³/mol. The third-order valence-electron chi connectivity index (χ3n) is 7.85. The van der Waals surface area contributed by atoms with Crippen molar-refractivity contribution >= 4 is 36.0 Å². The molecule has 0 bridgehead atoms. The van der Waals surface area contributed by atoms with E-state index in [4.69, 9.17) is 33.2 Å². The van der Waals surface area contributed by atoms with Crippen molar-refractivity contribution in [2.45, 2.75) is 119 Å². The molecule has 2 aliphatic heterocycles. The number of rotatable bonds is 9. The number of urea groups is 1. The van der Waals surface area contributed by atoms with Gasteiger partial charge < -0.3 is 48.3 Å². The molecule has 0 radical (unpaired) electrons. The zero-order valence-corrected chi connectivity index (χ0v) is 35.4. The highest BCUT2D eigenvalue weighted by Gasteiger charge is 2.32. The first-order chi connectivity index (χ1) is 25.9. The van der Waals surface area contributed by atoms with Gasteiger partial charge in [-0.2, -0.15) is 0 Å². The van der Waals surface area contributed by atoms with Crippen LogP contribution in [0.1, 0.15) is 82.2 Å². The van der Waals surface area contributed by atoms with Crippen LogP contribution in [0.2, 0.25) is 0 Å². The van der Waals surface area contributed by atoms with Crippen LogP contribution in [-0.4, -0.2) is 153 Å². The summed E-state index contributed by atoms with van der Waals surface area (Å²) >= 11 is 0. The fourth-order valence-electron chi connectivity index (χ4n) is 4.32. The van der Waals surface area contributed by atoms with Gasteiger partial charge in [-0.15, -0.1) is 0 Å². The van der Waals surface area contributed by atoms with Gasteiger partial charge in [0.25, 0.3) is 0 Å². The third-order valence-corrected chi connectivity index (χ3v) is 7.85. The molecule has 2 heterocycles. The van der Waals surface area contributed by atoms with Crippen molar-refractivity contribution in [1.29, 1.82) is 0 Å². The molecule has 0 aliphatic carbocycles. The molecule has 2 saturated heterocycles. The second-order valence-electron chi connectivity index (χ2n) is 15.2. The molecule has 2 fully saturated rings. The predicted octanol–water partition coefficient (Wildman–Crippen LogP) is 4.36. The minimum atomic E-state index is -1.08. The zero-order chi connectivity index (χ0) is 42.8. The smallest absolute Gasteiger partial charge is 0.415 e. The Bertz CT molecular complexity index is 1400. The second kappa shape index (κ2) is 25.0. The number of hydrogen-bond donors (Lipinski definition) is 1. The maximum Gasteiger partial charge on any atom is 0.415 e. The molecular weight excluding hydrogens is 744 g/mol. The van der Waals surface area contributed by atoms with Gasteiger partial charge >= 0.3 is 36.0 Å². The first-order valence-electron chi connectivity index (χ1n) is 18.7. The molecule has 57 heavy (non-hydrogen) atoms. The van der Waals surface area contributed by atoms with Crippen LogP contribution in [0.5, 0.6) is 5.75 Å². The lowest BCUT2D eigenvalue weighted by Gasteiger charge is -2.33. The fourth-order valence-corrected chi connectivity index (χ4v) is 4.32. The van der Waals surface area contributed by atoms with Crippen molar-refractivity contribution < 1.29 is 61.9 Å². The Kier molecular flexibility index (Phi) is 23.0. The summed E-state index contributed by atoms with van der Waals surface area (Å²) in [6.45, 7) is 24.0. The molecule has 17 nitrogen and oxygen atoms in total. The summed E-state index contributed by atoms with van der Waals surface area (Å²) in [6.07, 6.45) is -2.82. The van der Waals surface area contributed by atoms with Gasteiger partial charge in [-0.3, -0.25) is 4.90 Å². The number of esters is 4. The second-order valence-corrected chi connectivity index (χ2v) is 15.2. The number of amides is 3. The van der Waals surface area contributed by atoms with Gasteiger partial charge in [0.05, 0.1) is 26.4 Å². The Morgan fingerprint density at radius 2 is 1.07 bits per heavy atom. The number of ether oxygens (including phenoxy) is 7. The number of nitrogens with zero attached hydrogens (tertiary/aromatic N) is 3. The van der Waals surface area contributed by atoms with Gasteiger partial charge in [-0.25, -0.2) is 28.8 Å². The molecule has 2 aliphatic rings. The Morgan fingerprint density at radius 3 is 1.44 bits per heavy atom. The standard InChI is InChI=1S/C19H27NO6.C16H28N2O6.C4H9NO.CH4/c1-12-8-10-15(11-9-12)25-18(23)20(7)13(2)16(21)24-14(3)17(22)26-19(4,5)6;1-11(17(6)15(21)18-7-9-22-10-8-18)13(19)23-12(2)14(20)24-16(3,4)5;1-3-6-4-2-5-1;/h8-11,13-14H,1-7H3;11-12H,7-10H2,1-6H3;5H,1-4H2;1H4. The molecule has 1 aromatic carbocycles. The SMILES string of the molecule is C.C1COCCN1.CC(OC(=O)C(C)N(C)C(=O)N1CCOCC1)C(=O)OC(C)(C)C.Cc1ccc(OC(=O)N(C)C(C)C(=O)OC(C)C(=O)OC(C)(C)C)cc1. The minimum absolute atomic E-state index is 0. The van der Waals surface area contributed by atoms with Crippen LogP contribution in [0, 0.1) is 6.92 Å². The summed E-state index contributed by atoms with van der Waals surface area (Å²) in [5, 5.41) is 3.16. The van der Waals surface area contributed by atoms with E-state index in [2.05, 4.69) is 5.32 Å². The van der Waals surface area contributed by atoms with Crippen molar-refractivity contribution in [2.24, 2.45) is 0 Å². The van der Waals surface area contributed by atoms with E-state index in [0.29, 0.717) is 32.1 Å². The molecule has 3 amide bonds. The van der Waals surface area contributed by atoms with E-state index in [0.717, 1.165) is 36.8 Å². The first kappa shape index (κ1) is 52.5. The fraction of sp³-hybridized carbons (Fsp3) is 0.700. The van der Waals surface area contributed by atoms with Gasteiger partial charge in [-0.1, -0.05) is 25.1 Å². The van der Waals surface area contributed by atoms with E-state index >= 15 is 0 Å². The van der Waals surface area contributed by atoms with Crippen LogP contribution in [0.25, 0.3) is 0 Å². The van der Waals surface area contributed by atoms with Gasteiger partial charge in [0.15, 0.2) is 12.2 Å². The third kappa shape index (κ3) is 21.0. The van der Waals surface area contributed by atoms with Gasteiger partial charge in [0, 0.05) is 40.3 Å². The van der Waals surface area contributed by atoms with E-state index < -0.39 is 65.5 Å². The van der Waals surface area contributed by atoms with E-state index in [1.165, 1.54) is 39.8 Å². The number of carbonyl (C=O) groups is 6.